The van der Waals surface area contributed by atoms with Crippen LogP contribution in [-0.2, 0) is 0 Å². The number of nitrogens with zero attached hydrogens (tertiary/aromatic N) is 3. The van der Waals surface area contributed by atoms with Crippen LogP contribution in [0.15, 0.2) is 109 Å². The van der Waals surface area contributed by atoms with Crippen molar-refractivity contribution in [1.29, 1.82) is 0 Å². The smallest absolute Gasteiger partial charge is 0.267 e. The van der Waals surface area contributed by atoms with Gasteiger partial charge in [-0.05, 0) is 54.6 Å². The summed E-state index contributed by atoms with van der Waals surface area (Å²) in [6.07, 6.45) is 0. The van der Waals surface area contributed by atoms with Crippen molar-refractivity contribution in [3.8, 4) is 0 Å². The van der Waals surface area contributed by atoms with Gasteiger partial charge in [-0.3, -0.25) is 28.8 Å². The molecule has 12 nitrogen and oxygen atoms in total. The van der Waals surface area contributed by atoms with Crippen LogP contribution in [0, 0.1) is 0 Å². The molecule has 0 saturated carbocycles. The van der Waals surface area contributed by atoms with Crippen molar-refractivity contribution in [3.63, 3.8) is 0 Å². The molecule has 210 valence electrons. The van der Waals surface area contributed by atoms with E-state index in [9.17, 15) is 28.8 Å². The minimum atomic E-state index is -1.09. The standard InChI is InChI=1S/C30H24N6O6/c31-34(25(37)19-10-4-1-5-11-19)28(40)22-16-23(29(41)35(32)26(38)20-12-6-2-7-13-20)18-24(17-22)30(42)36(33)27(39)21-14-8-3-9-15-21/h1-18H,31-33H2. The molecule has 0 radical (unpaired) electrons. The highest BCUT2D eigenvalue weighted by Crippen LogP contribution is 2.18. The molecule has 0 bridgehead atoms. The van der Waals surface area contributed by atoms with Gasteiger partial charge in [0.25, 0.3) is 35.4 Å². The van der Waals surface area contributed by atoms with E-state index in [0.717, 1.165) is 18.2 Å². The molecule has 0 aliphatic carbocycles. The molecule has 0 atom stereocenters. The summed E-state index contributed by atoms with van der Waals surface area (Å²) < 4.78 is 0. The van der Waals surface area contributed by atoms with E-state index in [-0.39, 0.29) is 16.7 Å². The van der Waals surface area contributed by atoms with E-state index in [4.69, 9.17) is 17.5 Å². The summed E-state index contributed by atoms with van der Waals surface area (Å²) in [5.41, 5.74) is -0.883. The molecule has 0 aromatic heterocycles. The highest BCUT2D eigenvalue weighted by atomic mass is 16.2. The fourth-order valence-electron chi connectivity index (χ4n) is 3.85. The van der Waals surface area contributed by atoms with Gasteiger partial charge in [0.1, 0.15) is 0 Å². The van der Waals surface area contributed by atoms with Gasteiger partial charge in [-0.15, -0.1) is 0 Å². The third kappa shape index (κ3) is 6.16. The fourth-order valence-corrected chi connectivity index (χ4v) is 3.85. The zero-order chi connectivity index (χ0) is 30.4. The fraction of sp³-hybridized carbons (Fsp3) is 0. The van der Waals surface area contributed by atoms with Crippen LogP contribution in [-0.4, -0.2) is 50.5 Å². The molecule has 4 aromatic carbocycles. The number of hydrogen-bond donors (Lipinski definition) is 3. The first kappa shape index (κ1) is 29.2. The van der Waals surface area contributed by atoms with Crippen LogP contribution in [0.25, 0.3) is 0 Å². The Balaban J connectivity index is 1.73. The summed E-state index contributed by atoms with van der Waals surface area (Å²) in [6, 6.07) is 26.1. The summed E-state index contributed by atoms with van der Waals surface area (Å²) in [6.45, 7) is 0. The minimum Gasteiger partial charge on any atom is -0.267 e. The van der Waals surface area contributed by atoms with Crippen molar-refractivity contribution in [2.24, 2.45) is 17.5 Å². The lowest BCUT2D eigenvalue weighted by molar-refractivity contribution is 0.0606. The van der Waals surface area contributed by atoms with Crippen LogP contribution in [0.2, 0.25) is 0 Å². The first-order chi connectivity index (χ1) is 20.1. The van der Waals surface area contributed by atoms with Gasteiger partial charge in [0.2, 0.25) is 0 Å². The Morgan fingerprint density at radius 2 is 0.524 bits per heavy atom. The van der Waals surface area contributed by atoms with Crippen LogP contribution in [0.4, 0.5) is 0 Å². The number of imide groups is 3. The highest BCUT2D eigenvalue weighted by Gasteiger charge is 2.29. The largest absolute Gasteiger partial charge is 0.275 e. The lowest BCUT2D eigenvalue weighted by Crippen LogP contribution is -2.45. The maximum atomic E-state index is 13.3. The third-order valence-corrected chi connectivity index (χ3v) is 6.05. The molecule has 0 spiro atoms. The summed E-state index contributed by atoms with van der Waals surface area (Å²) in [4.78, 5) is 78.3. The minimum absolute atomic E-state index is 0.0973. The van der Waals surface area contributed by atoms with Gasteiger partial charge in [-0.2, -0.15) is 0 Å². The monoisotopic (exact) mass is 564 g/mol. The van der Waals surface area contributed by atoms with E-state index in [1.54, 1.807) is 54.6 Å². The zero-order valence-electron chi connectivity index (χ0n) is 21.9. The van der Waals surface area contributed by atoms with Crippen molar-refractivity contribution in [2.45, 2.75) is 0 Å². The topological polar surface area (TPSA) is 190 Å². The van der Waals surface area contributed by atoms with Crippen LogP contribution in [0.1, 0.15) is 62.1 Å². The van der Waals surface area contributed by atoms with Crippen LogP contribution in [0.3, 0.4) is 0 Å². The van der Waals surface area contributed by atoms with Gasteiger partial charge in [0.05, 0.1) is 0 Å². The second-order valence-electron chi connectivity index (χ2n) is 8.84. The maximum Gasteiger partial charge on any atom is 0.275 e. The summed E-state index contributed by atoms with van der Waals surface area (Å²) in [5, 5.41) is 0.910. The number of hydrazine groups is 3. The normalized spacial score (nSPS) is 10.4. The van der Waals surface area contributed by atoms with E-state index < -0.39 is 52.1 Å². The molecule has 6 N–H and O–H groups in total. The lowest BCUT2D eigenvalue weighted by atomic mass is 10.0. The second-order valence-corrected chi connectivity index (χ2v) is 8.84. The molecule has 6 amide bonds. The van der Waals surface area contributed by atoms with E-state index in [0.29, 0.717) is 15.0 Å². The van der Waals surface area contributed by atoms with Crippen LogP contribution in [0.5, 0.6) is 0 Å². The van der Waals surface area contributed by atoms with Gasteiger partial charge in [0.15, 0.2) is 0 Å². The average molecular weight is 565 g/mol. The van der Waals surface area contributed by atoms with E-state index >= 15 is 0 Å². The summed E-state index contributed by atoms with van der Waals surface area (Å²) >= 11 is 0. The molecule has 0 unspecified atom stereocenters. The number of amides is 6. The van der Waals surface area contributed by atoms with Crippen molar-refractivity contribution in [1.82, 2.24) is 15.0 Å². The Kier molecular flexibility index (Phi) is 8.73. The van der Waals surface area contributed by atoms with Gasteiger partial charge in [0, 0.05) is 33.4 Å². The average Bonchev–Trinajstić information content (AvgIpc) is 3.06. The third-order valence-electron chi connectivity index (χ3n) is 6.05. The quantitative estimate of drug-likeness (QED) is 0.136. The SMILES string of the molecule is NN(C(=O)c1ccccc1)C(=O)c1cc(C(=O)N(N)C(=O)c2ccccc2)cc(C(=O)N(N)C(=O)c2ccccc2)c1. The predicted octanol–water partition coefficient (Wildman–Crippen LogP) is 2.16. The van der Waals surface area contributed by atoms with Crippen molar-refractivity contribution in [3.05, 3.63) is 143 Å². The number of carbonyl (C=O) groups is 6. The predicted molar refractivity (Wildman–Crippen MR) is 150 cm³/mol. The number of nitrogens with two attached hydrogens (primary N) is 3. The van der Waals surface area contributed by atoms with Crippen LogP contribution < -0.4 is 17.5 Å². The molecule has 4 rings (SSSR count). The Hall–Kier alpha value is -5.82. The zero-order valence-corrected chi connectivity index (χ0v) is 21.9. The van der Waals surface area contributed by atoms with Gasteiger partial charge >= 0.3 is 0 Å². The number of rotatable bonds is 6. The first-order valence-electron chi connectivity index (χ1n) is 12.3. The molecule has 0 heterocycles. The second kappa shape index (κ2) is 12.6. The van der Waals surface area contributed by atoms with Gasteiger partial charge in [-0.25, -0.2) is 32.6 Å². The van der Waals surface area contributed by atoms with Crippen molar-refractivity contribution < 1.29 is 28.8 Å². The lowest BCUT2D eigenvalue weighted by Gasteiger charge is -2.19. The Bertz CT molecular complexity index is 1470. The molecule has 0 aliphatic heterocycles. The Morgan fingerprint density at radius 3 is 0.738 bits per heavy atom. The van der Waals surface area contributed by atoms with E-state index in [1.807, 2.05) is 0 Å². The van der Waals surface area contributed by atoms with Gasteiger partial charge < -0.3 is 0 Å². The number of hydrogen-bond acceptors (Lipinski definition) is 9. The maximum absolute atomic E-state index is 13.3. The summed E-state index contributed by atoms with van der Waals surface area (Å²) in [5.74, 6) is 11.6. The number of benzene rings is 4. The van der Waals surface area contributed by atoms with E-state index in [2.05, 4.69) is 0 Å². The molecule has 12 heteroatoms. The van der Waals surface area contributed by atoms with Gasteiger partial charge in [-0.1, -0.05) is 54.6 Å². The molecule has 42 heavy (non-hydrogen) atoms. The molecule has 0 saturated heterocycles. The molecule has 4 aromatic rings. The Labute approximate surface area is 239 Å². The van der Waals surface area contributed by atoms with E-state index in [1.165, 1.54) is 36.4 Å². The molecule has 0 fully saturated rings. The molecular weight excluding hydrogens is 540 g/mol. The first-order valence-corrected chi connectivity index (χ1v) is 12.3. The number of carbonyl (C=O) groups excluding carboxylic acids is 6. The molecular formula is C30H24N6O6. The van der Waals surface area contributed by atoms with Crippen LogP contribution >= 0.6 is 0 Å². The molecule has 0 aliphatic rings. The highest BCUT2D eigenvalue weighted by molar-refractivity contribution is 6.15. The summed E-state index contributed by atoms with van der Waals surface area (Å²) in [7, 11) is 0. The van der Waals surface area contributed by atoms with Crippen molar-refractivity contribution in [2.75, 3.05) is 0 Å². The van der Waals surface area contributed by atoms with Crippen molar-refractivity contribution >= 4 is 35.4 Å². The Morgan fingerprint density at radius 1 is 0.333 bits per heavy atom.